The van der Waals surface area contributed by atoms with E-state index in [1.54, 1.807) is 0 Å². The van der Waals surface area contributed by atoms with Crippen molar-refractivity contribution in [2.45, 2.75) is 12.3 Å². The number of fused-ring (bicyclic) bond motifs is 1. The number of amides is 1. The molecule has 3 rings (SSSR count). The zero-order valence-corrected chi connectivity index (χ0v) is 9.10. The summed E-state index contributed by atoms with van der Waals surface area (Å²) < 4.78 is 1.90. The third-order valence-electron chi connectivity index (χ3n) is 3.15. The molecule has 2 aromatic rings. The van der Waals surface area contributed by atoms with Crippen LogP contribution in [0, 0.1) is 0 Å². The lowest BCUT2D eigenvalue weighted by molar-refractivity contribution is -0.119. The molecule has 0 bridgehead atoms. The average Bonchev–Trinajstić information content (AvgIpc) is 2.80. The van der Waals surface area contributed by atoms with E-state index in [1.807, 2.05) is 29.9 Å². The summed E-state index contributed by atoms with van der Waals surface area (Å²) in [5.74, 6) is 0.389. The highest BCUT2D eigenvalue weighted by molar-refractivity contribution is 5.85. The van der Waals surface area contributed by atoms with Crippen LogP contribution < -0.4 is 5.32 Å². The van der Waals surface area contributed by atoms with E-state index in [0.717, 1.165) is 23.1 Å². The standard InChI is InChI=1S/C12H13N3O/c1-15-12(8-6-11(16)13-7-8)9-4-2-3-5-10(9)14-15/h2-5,8H,6-7H2,1H3,(H,13,16). The Morgan fingerprint density at radius 2 is 2.25 bits per heavy atom. The molecule has 1 aromatic heterocycles. The summed E-state index contributed by atoms with van der Waals surface area (Å²) in [6.45, 7) is 0.725. The fourth-order valence-electron chi connectivity index (χ4n) is 2.45. The van der Waals surface area contributed by atoms with Crippen molar-refractivity contribution in [1.82, 2.24) is 15.1 Å². The molecule has 2 heterocycles. The zero-order chi connectivity index (χ0) is 11.1. The molecule has 0 aliphatic carbocycles. The summed E-state index contributed by atoms with van der Waals surface area (Å²) >= 11 is 0. The smallest absolute Gasteiger partial charge is 0.220 e. The number of hydrogen-bond acceptors (Lipinski definition) is 2. The molecular weight excluding hydrogens is 202 g/mol. The normalized spacial score (nSPS) is 20.3. The van der Waals surface area contributed by atoms with Crippen molar-refractivity contribution < 1.29 is 4.79 Å². The number of nitrogens with zero attached hydrogens (tertiary/aromatic N) is 2. The lowest BCUT2D eigenvalue weighted by atomic mass is 10.0. The molecule has 1 unspecified atom stereocenters. The summed E-state index contributed by atoms with van der Waals surface area (Å²) in [4.78, 5) is 11.3. The highest BCUT2D eigenvalue weighted by Gasteiger charge is 2.27. The Morgan fingerprint density at radius 1 is 1.44 bits per heavy atom. The van der Waals surface area contributed by atoms with Crippen LogP contribution in [-0.2, 0) is 11.8 Å². The van der Waals surface area contributed by atoms with Crippen molar-refractivity contribution in [3.63, 3.8) is 0 Å². The number of carbonyl (C=O) groups excluding carboxylic acids is 1. The average molecular weight is 215 g/mol. The highest BCUT2D eigenvalue weighted by Crippen LogP contribution is 2.29. The minimum atomic E-state index is 0.135. The van der Waals surface area contributed by atoms with Gasteiger partial charge in [0.05, 0.1) is 11.2 Å². The van der Waals surface area contributed by atoms with E-state index in [2.05, 4.69) is 16.5 Å². The summed E-state index contributed by atoms with van der Waals surface area (Å²) in [6.07, 6.45) is 0.573. The Labute approximate surface area is 93.3 Å². The number of aromatic nitrogens is 2. The van der Waals surface area contributed by atoms with Gasteiger partial charge in [-0.25, -0.2) is 0 Å². The number of aryl methyl sites for hydroxylation is 1. The zero-order valence-electron chi connectivity index (χ0n) is 9.10. The third-order valence-corrected chi connectivity index (χ3v) is 3.15. The maximum absolute atomic E-state index is 11.3. The molecule has 0 saturated carbocycles. The first-order valence-electron chi connectivity index (χ1n) is 5.44. The molecule has 4 nitrogen and oxygen atoms in total. The predicted molar refractivity (Wildman–Crippen MR) is 61.1 cm³/mol. The van der Waals surface area contributed by atoms with Crippen LogP contribution in [0.2, 0.25) is 0 Å². The van der Waals surface area contributed by atoms with Crippen LogP contribution in [0.4, 0.5) is 0 Å². The fourth-order valence-corrected chi connectivity index (χ4v) is 2.45. The molecule has 16 heavy (non-hydrogen) atoms. The van der Waals surface area contributed by atoms with Crippen molar-refractivity contribution in [2.75, 3.05) is 6.54 Å². The Morgan fingerprint density at radius 3 is 3.00 bits per heavy atom. The van der Waals surface area contributed by atoms with E-state index in [1.165, 1.54) is 0 Å². The Kier molecular flexibility index (Phi) is 1.96. The van der Waals surface area contributed by atoms with E-state index >= 15 is 0 Å². The second kappa shape index (κ2) is 3.33. The van der Waals surface area contributed by atoms with Gasteiger partial charge in [-0.1, -0.05) is 18.2 Å². The van der Waals surface area contributed by atoms with E-state index in [0.29, 0.717) is 6.42 Å². The number of hydrogen-bond donors (Lipinski definition) is 1. The SMILES string of the molecule is Cn1nc2ccccc2c1C1CNC(=O)C1. The van der Waals surface area contributed by atoms with Gasteiger partial charge in [-0.05, 0) is 6.07 Å². The summed E-state index contributed by atoms with van der Waals surface area (Å²) in [5, 5.41) is 8.49. The molecule has 0 spiro atoms. The topological polar surface area (TPSA) is 46.9 Å². The fraction of sp³-hybridized carbons (Fsp3) is 0.333. The van der Waals surface area contributed by atoms with E-state index < -0.39 is 0 Å². The molecule has 1 amide bonds. The highest BCUT2D eigenvalue weighted by atomic mass is 16.1. The molecular formula is C12H13N3O. The van der Waals surface area contributed by atoms with Gasteiger partial charge in [-0.2, -0.15) is 5.10 Å². The lowest BCUT2D eigenvalue weighted by Crippen LogP contribution is -2.14. The maximum atomic E-state index is 11.3. The summed E-state index contributed by atoms with van der Waals surface area (Å²) in [5.41, 5.74) is 2.16. The number of benzene rings is 1. The maximum Gasteiger partial charge on any atom is 0.220 e. The minimum absolute atomic E-state index is 0.135. The Balaban J connectivity index is 2.15. The lowest BCUT2D eigenvalue weighted by Gasteiger charge is -2.08. The molecule has 1 N–H and O–H groups in total. The molecule has 4 heteroatoms. The molecule has 1 aromatic carbocycles. The van der Waals surface area contributed by atoms with Gasteiger partial charge in [0.2, 0.25) is 5.91 Å². The van der Waals surface area contributed by atoms with Gasteiger partial charge in [0, 0.05) is 31.3 Å². The van der Waals surface area contributed by atoms with Crippen molar-refractivity contribution in [2.24, 2.45) is 7.05 Å². The van der Waals surface area contributed by atoms with Crippen molar-refractivity contribution in [1.29, 1.82) is 0 Å². The van der Waals surface area contributed by atoms with Crippen molar-refractivity contribution in [3.8, 4) is 0 Å². The van der Waals surface area contributed by atoms with E-state index in [-0.39, 0.29) is 11.8 Å². The van der Waals surface area contributed by atoms with E-state index in [4.69, 9.17) is 0 Å². The summed E-state index contributed by atoms with van der Waals surface area (Å²) in [7, 11) is 1.94. The van der Waals surface area contributed by atoms with Crippen LogP contribution >= 0.6 is 0 Å². The largest absolute Gasteiger partial charge is 0.355 e. The van der Waals surface area contributed by atoms with Crippen LogP contribution in [0.3, 0.4) is 0 Å². The predicted octanol–water partition coefficient (Wildman–Crippen LogP) is 1.18. The number of nitrogens with one attached hydrogen (secondary N) is 1. The number of carbonyl (C=O) groups is 1. The van der Waals surface area contributed by atoms with Crippen LogP contribution in [0.25, 0.3) is 10.9 Å². The van der Waals surface area contributed by atoms with Gasteiger partial charge >= 0.3 is 0 Å². The van der Waals surface area contributed by atoms with Gasteiger partial charge in [0.15, 0.2) is 0 Å². The van der Waals surface area contributed by atoms with Gasteiger partial charge < -0.3 is 5.32 Å². The number of rotatable bonds is 1. The van der Waals surface area contributed by atoms with E-state index in [9.17, 15) is 4.79 Å². The molecule has 82 valence electrons. The van der Waals surface area contributed by atoms with Crippen LogP contribution in [-0.4, -0.2) is 22.2 Å². The minimum Gasteiger partial charge on any atom is -0.355 e. The summed E-state index contributed by atoms with van der Waals surface area (Å²) in [6, 6.07) is 8.07. The van der Waals surface area contributed by atoms with Crippen LogP contribution in [0.15, 0.2) is 24.3 Å². The molecule has 1 aliphatic heterocycles. The molecule has 1 aliphatic rings. The van der Waals surface area contributed by atoms with Gasteiger partial charge in [0.25, 0.3) is 0 Å². The monoisotopic (exact) mass is 215 g/mol. The Bertz CT molecular complexity index is 558. The van der Waals surface area contributed by atoms with Gasteiger partial charge in [0.1, 0.15) is 0 Å². The van der Waals surface area contributed by atoms with Crippen LogP contribution in [0.5, 0.6) is 0 Å². The first kappa shape index (κ1) is 9.39. The second-order valence-corrected chi connectivity index (χ2v) is 4.23. The molecule has 0 radical (unpaired) electrons. The van der Waals surface area contributed by atoms with Crippen molar-refractivity contribution >= 4 is 16.8 Å². The quantitative estimate of drug-likeness (QED) is 0.776. The molecule has 1 atom stereocenters. The van der Waals surface area contributed by atoms with Gasteiger partial charge in [-0.15, -0.1) is 0 Å². The molecule has 1 saturated heterocycles. The van der Waals surface area contributed by atoms with Crippen molar-refractivity contribution in [3.05, 3.63) is 30.0 Å². The molecule has 1 fully saturated rings. The first-order valence-corrected chi connectivity index (χ1v) is 5.44. The Hall–Kier alpha value is -1.84. The second-order valence-electron chi connectivity index (χ2n) is 4.23. The van der Waals surface area contributed by atoms with Crippen LogP contribution in [0.1, 0.15) is 18.0 Å². The van der Waals surface area contributed by atoms with Gasteiger partial charge in [-0.3, -0.25) is 9.48 Å². The first-order chi connectivity index (χ1) is 7.75. The third kappa shape index (κ3) is 1.30.